The average Bonchev–Trinajstić information content (AvgIpc) is 0. The Morgan fingerprint density at radius 3 is 0.0938 bits per heavy atom. The van der Waals surface area contributed by atoms with Crippen LogP contribution in [-0.2, 0) is 0 Å². The molecule has 0 bridgehead atoms. The Balaban J connectivity index is 0. The monoisotopic (exact) mass is 1330 g/mol. The summed E-state index contributed by atoms with van der Waals surface area (Å²) >= 11 is 0. The molecule has 0 spiro atoms. The summed E-state index contributed by atoms with van der Waals surface area (Å²) in [6, 6.07) is 0. The van der Waals surface area contributed by atoms with E-state index in [4.69, 9.17) is 0 Å². The summed E-state index contributed by atoms with van der Waals surface area (Å²) < 4.78 is 0. The van der Waals surface area contributed by atoms with Crippen molar-refractivity contribution in [2.45, 2.75) is 0 Å². The summed E-state index contributed by atoms with van der Waals surface area (Å²) in [5, 5.41) is 0. The van der Waals surface area contributed by atoms with E-state index in [1.807, 2.05) is 0 Å². The fourth-order valence-electron chi connectivity index (χ4n) is 0. The minimum absolute atomic E-state index is 0. The molecule has 0 aromatic carbocycles. The van der Waals surface area contributed by atoms with Crippen LogP contribution in [-0.4, -0.2) is 1090 Å². The second-order valence-corrected chi connectivity index (χ2v) is 0. The minimum atomic E-state index is 0. The van der Waals surface area contributed by atoms with Crippen molar-refractivity contribution in [2.75, 3.05) is 0 Å². The Morgan fingerprint density at radius 2 is 0.0938 bits per heavy atom. The first-order valence-corrected chi connectivity index (χ1v) is 0. The summed E-state index contributed by atoms with van der Waals surface area (Å²) in [5.74, 6) is 0. The van der Waals surface area contributed by atoms with Gasteiger partial charge in [-0.05, 0) is 0 Å². The van der Waals surface area contributed by atoms with Crippen molar-refractivity contribution in [1.82, 2.24) is 0 Å². The average molecular weight is 1330 g/mol. The van der Waals surface area contributed by atoms with E-state index in [-0.39, 0.29) is 1210 Å². The second-order valence-electron chi connectivity index (χ2n) is 0. The smallest absolute Gasteiger partial charge is 1.00 e. The van der Waals surface area contributed by atoms with Crippen LogP contribution in [0.5, 0.6) is 0 Å². The van der Waals surface area contributed by atoms with Crippen molar-refractivity contribution in [3.05, 3.63) is 0 Å². The molecule has 32 heavy (non-hydrogen) atoms. The maximum atomic E-state index is 0. The maximum Gasteiger partial charge on any atom is 2.00 e. The van der Waals surface area contributed by atoms with Gasteiger partial charge in [0.05, 0.1) is 0 Å². The van der Waals surface area contributed by atoms with E-state index in [9.17, 15) is 0 Å². The molecule has 0 radical (unpaired) electrons. The van der Waals surface area contributed by atoms with Gasteiger partial charge in [0.1, 0.15) is 0 Å². The summed E-state index contributed by atoms with van der Waals surface area (Å²) in [5.41, 5.74) is 0. The molecule has 0 N–H and O–H groups in total. The van der Waals surface area contributed by atoms with Gasteiger partial charge in [0.15, 0.2) is 0 Å². The third-order valence-corrected chi connectivity index (χ3v) is 0. The van der Waals surface area contributed by atoms with Crippen LogP contribution in [0.15, 0.2) is 0 Å². The molecule has 0 atom stereocenters. The fourth-order valence-corrected chi connectivity index (χ4v) is 0. The molecular weight excluding hydrogens is 1270 g/mol. The largest absolute Gasteiger partial charge is 2.00 e. The van der Waals surface area contributed by atoms with Crippen molar-refractivity contribution in [3.63, 3.8) is 0 Å². The zero-order valence-electron chi connectivity index (χ0n) is 79.7. The molecule has 0 unspecified atom stereocenters. The predicted molar refractivity (Wildman–Crippen MR) is 253 cm³/mol. The van der Waals surface area contributed by atoms with Gasteiger partial charge in [0.25, 0.3) is 0 Å². The quantitative estimate of drug-likeness (QED) is 0.224. The molecule has 32 heteroatoms. The van der Waals surface area contributed by atoms with Crippen molar-refractivity contribution in [1.29, 1.82) is 0 Å². The van der Waals surface area contributed by atoms with Crippen molar-refractivity contribution in [2.24, 2.45) is 0 Å². The van der Waals surface area contributed by atoms with Gasteiger partial charge < -0.3 is 82.7 Å². The van der Waals surface area contributed by atoms with Crippen LogP contribution in [0.25, 0.3) is 0 Å². The van der Waals surface area contributed by atoms with Crippen molar-refractivity contribution < 1.29 is 82.7 Å². The number of hydrogen-bond acceptors (Lipinski definition) is 0. The van der Waals surface area contributed by atoms with Crippen LogP contribution in [0.4, 0.5) is 0 Å². The van der Waals surface area contributed by atoms with Gasteiger partial charge in [0.2, 0.25) is 0 Å². The van der Waals surface area contributed by atoms with Crippen LogP contribution < -0.4 is 0 Å². The van der Waals surface area contributed by atoms with Gasteiger partial charge in [-0.2, -0.15) is 0 Å². The molecule has 140 valence electrons. The Morgan fingerprint density at radius 1 is 0.0938 bits per heavy atom. The van der Waals surface area contributed by atoms with E-state index in [1.165, 1.54) is 0 Å². The molecule has 0 heterocycles. The van der Waals surface area contributed by atoms with Crippen LogP contribution in [0.2, 0.25) is 0 Å². The molecule has 0 aliphatic heterocycles. The molecule has 0 rings (SSSR count). The Labute approximate surface area is 1170 Å². The first kappa shape index (κ1) is 232. The third-order valence-electron chi connectivity index (χ3n) is 0. The topological polar surface area (TPSA) is 0 Å². The summed E-state index contributed by atoms with van der Waals surface area (Å²) in [7, 11) is 0. The van der Waals surface area contributed by atoms with E-state index in [1.54, 1.807) is 0 Å². The zero-order chi connectivity index (χ0) is 0. The van der Waals surface area contributed by atoms with E-state index in [0.717, 1.165) is 0 Å². The molecule has 0 saturated carbocycles. The van der Waals surface area contributed by atoms with Gasteiger partial charge in [-0.15, -0.1) is 37.2 Å². The number of rotatable bonds is 0. The zero-order valence-corrected chi connectivity index (χ0v) is 88.2. The van der Waals surface area contributed by atoms with Gasteiger partial charge in [-0.25, -0.2) is 0 Å². The second kappa shape index (κ2) is 222. The van der Waals surface area contributed by atoms with Crippen LogP contribution in [0, 0.1) is 0 Å². The van der Waals surface area contributed by atoms with Crippen molar-refractivity contribution >= 4 is 1130 Å². The number of halogens is 3. The first-order chi connectivity index (χ1) is 0. The fraction of sp³-hybridized carbons (Fsp3) is 0. The Hall–Kier alpha value is 37.4. The van der Waals surface area contributed by atoms with E-state index >= 15 is 0 Å². The van der Waals surface area contributed by atoms with Crippen LogP contribution >= 0.6 is 37.2 Å². The SMILES string of the molecule is Cl.Cl.Cl.[Ca+2].[Ca+2].[Ca+2].[Ca+2].[Ca+2].[Ca+2].[Ca+2].[Ca+2].[Ca+2].[Ca+2].[Ca+2].[Ca+2].[Ca+2].[Ca+2].[Ca+2].[Ca+2].[Ca+2].[Ca+2].[Ca+2].[Ca+2].[Ca+2].[Ca+2].[Ca+2].[Ca+2].[Ca+2].[Ca+2].[Ca+2].[Ca+2].[Ca+2].[H-].[H-].[H-].[H-].[H-].[H-].[H-].[H-].[H-].[H-].[H-].[H-].[H-].[H-].[H-].[H-].[H-].[H-].[H-].[H-].[H-].[H-].[H-].[H-].[H-].[H-].[H-].[H-].[H-].[H-].[H-].[H-].[H-].[H-].[H-].[H-].[H-].[H-].[H-].[H-].[H-].[H-].[H-].[H-].[H-].[H-].[H-].[H-].[H-].[H-].[H-].[H-].[H-].[H-].[H-].[H-].[H-].[H-]. The van der Waals surface area contributed by atoms with Crippen LogP contribution in [0.1, 0.15) is 82.7 Å². The maximum absolute atomic E-state index is 0. The molecule has 0 aliphatic carbocycles. The van der Waals surface area contributed by atoms with Gasteiger partial charge >= 0.3 is 1090 Å². The van der Waals surface area contributed by atoms with E-state index < -0.39 is 0 Å². The summed E-state index contributed by atoms with van der Waals surface area (Å²) in [4.78, 5) is 0. The third kappa shape index (κ3) is 212. The molecule has 0 aromatic heterocycles. The van der Waals surface area contributed by atoms with E-state index in [2.05, 4.69) is 0 Å². The molecule has 0 amide bonds. The van der Waals surface area contributed by atoms with Gasteiger partial charge in [-0.1, -0.05) is 0 Å². The first-order valence-electron chi connectivity index (χ1n) is 0. The number of hydrogen-bond donors (Lipinski definition) is 0. The summed E-state index contributed by atoms with van der Waals surface area (Å²) in [6.07, 6.45) is 0. The molecule has 0 aliphatic rings. The van der Waals surface area contributed by atoms with Gasteiger partial charge in [-0.3, -0.25) is 0 Å². The molecule has 0 aromatic rings. The summed E-state index contributed by atoms with van der Waals surface area (Å²) in [6.45, 7) is 0. The molecule has 0 saturated heterocycles. The molecule has 0 nitrogen and oxygen atoms in total. The predicted octanol–water partition coefficient (Wildman–Crippen LogP) is -3.25. The molecule has 0 fully saturated rings. The standard InChI is InChI=1S/29Ca.3ClH.58H/h;;;;;;;;;;;;;;;;;;;;;;;;;;;;;3*1H;;;;;;;;;;;;;;;;;;;;;;;;;;;;;;;;;;;;;;;;;;;;;;;;;;;;;;;;;;/q29*+2;;;;58*-1. The minimum Gasteiger partial charge on any atom is -1.00 e. The van der Waals surface area contributed by atoms with Crippen molar-refractivity contribution in [3.8, 4) is 0 Å². The van der Waals surface area contributed by atoms with Gasteiger partial charge in [0, 0.05) is 0 Å². The van der Waals surface area contributed by atoms with Crippen LogP contribution in [0.3, 0.4) is 0 Å². The molecular formula is H61Ca29Cl3. The van der Waals surface area contributed by atoms with E-state index in [0.29, 0.717) is 0 Å². The normalized spacial score (nSPS) is 0. The Kier molecular flexibility index (Phi) is 1610. The Bertz CT molecular complexity index is 98.9.